The van der Waals surface area contributed by atoms with Gasteiger partial charge < -0.3 is 9.15 Å². The van der Waals surface area contributed by atoms with Crippen LogP contribution in [0, 0.1) is 0 Å². The Bertz CT molecular complexity index is 682. The van der Waals surface area contributed by atoms with Gasteiger partial charge in [0.2, 0.25) is 0 Å². The van der Waals surface area contributed by atoms with Gasteiger partial charge in [-0.05, 0) is 30.2 Å². The fourth-order valence-electron chi connectivity index (χ4n) is 1.90. The van der Waals surface area contributed by atoms with Gasteiger partial charge in [0.25, 0.3) is 0 Å². The Hall–Kier alpha value is -2.36. The van der Waals surface area contributed by atoms with Gasteiger partial charge in [-0.3, -0.25) is 0 Å². The Kier molecular flexibility index (Phi) is 3.80. The fourth-order valence-corrected chi connectivity index (χ4v) is 1.90. The SMILES string of the molecule is C=COC(=O)c1cc2cc(CCC)ccc2oc1=O. The summed E-state index contributed by atoms with van der Waals surface area (Å²) < 4.78 is 9.70. The maximum absolute atomic E-state index is 11.7. The lowest BCUT2D eigenvalue weighted by Crippen LogP contribution is -2.14. The summed E-state index contributed by atoms with van der Waals surface area (Å²) in [6.07, 6.45) is 2.94. The average molecular weight is 258 g/mol. The first-order valence-corrected chi connectivity index (χ1v) is 6.04. The molecule has 4 nitrogen and oxygen atoms in total. The Morgan fingerprint density at radius 3 is 2.89 bits per heavy atom. The van der Waals surface area contributed by atoms with E-state index in [1.54, 1.807) is 6.07 Å². The zero-order chi connectivity index (χ0) is 13.8. The summed E-state index contributed by atoms with van der Waals surface area (Å²) in [5.74, 6) is -0.758. The van der Waals surface area contributed by atoms with Gasteiger partial charge in [0.05, 0.1) is 6.26 Å². The number of ether oxygens (including phenoxy) is 1. The third-order valence-corrected chi connectivity index (χ3v) is 2.75. The highest BCUT2D eigenvalue weighted by Gasteiger charge is 2.14. The summed E-state index contributed by atoms with van der Waals surface area (Å²) >= 11 is 0. The maximum Gasteiger partial charge on any atom is 0.351 e. The summed E-state index contributed by atoms with van der Waals surface area (Å²) in [4.78, 5) is 23.2. The molecule has 0 radical (unpaired) electrons. The molecular weight excluding hydrogens is 244 g/mol. The molecule has 98 valence electrons. The van der Waals surface area contributed by atoms with Crippen LogP contribution in [0.4, 0.5) is 0 Å². The lowest BCUT2D eigenvalue weighted by molar-refractivity contribution is 0.0660. The number of hydrogen-bond acceptors (Lipinski definition) is 4. The molecule has 4 heteroatoms. The number of hydrogen-bond donors (Lipinski definition) is 0. The van der Waals surface area contributed by atoms with Crippen LogP contribution in [0.25, 0.3) is 11.0 Å². The lowest BCUT2D eigenvalue weighted by Gasteiger charge is -2.03. The molecule has 0 unspecified atom stereocenters. The van der Waals surface area contributed by atoms with Crippen molar-refractivity contribution in [3.8, 4) is 0 Å². The van der Waals surface area contributed by atoms with E-state index < -0.39 is 11.6 Å². The minimum atomic E-state index is -0.758. The van der Waals surface area contributed by atoms with Crippen LogP contribution in [0.15, 0.2) is 46.3 Å². The molecular formula is C15H14O4. The normalized spacial score (nSPS) is 10.4. The quantitative estimate of drug-likeness (QED) is 0.480. The van der Waals surface area contributed by atoms with Gasteiger partial charge >= 0.3 is 11.6 Å². The number of benzene rings is 1. The van der Waals surface area contributed by atoms with Crippen LogP contribution in [0.1, 0.15) is 29.3 Å². The molecule has 0 saturated carbocycles. The number of carbonyl (C=O) groups excluding carboxylic acids is 1. The molecule has 1 aromatic heterocycles. The van der Waals surface area contributed by atoms with Gasteiger partial charge in [-0.25, -0.2) is 9.59 Å². The Labute approximate surface area is 110 Å². The molecule has 2 aromatic rings. The standard InChI is InChI=1S/C15H14O4/c1-3-5-10-6-7-13-11(8-10)9-12(15(17)19-13)14(16)18-4-2/h4,6-9H,2-3,5H2,1H3. The van der Waals surface area contributed by atoms with E-state index in [-0.39, 0.29) is 5.56 Å². The average Bonchev–Trinajstić information content (AvgIpc) is 2.39. The largest absolute Gasteiger partial charge is 0.431 e. The van der Waals surface area contributed by atoms with Crippen molar-refractivity contribution in [2.24, 2.45) is 0 Å². The van der Waals surface area contributed by atoms with Crippen LogP contribution >= 0.6 is 0 Å². The van der Waals surface area contributed by atoms with Crippen molar-refractivity contribution in [2.75, 3.05) is 0 Å². The number of fused-ring (bicyclic) bond motifs is 1. The van der Waals surface area contributed by atoms with Crippen LogP contribution in [0.3, 0.4) is 0 Å². The second-order valence-corrected chi connectivity index (χ2v) is 4.14. The molecule has 0 fully saturated rings. The zero-order valence-corrected chi connectivity index (χ0v) is 10.6. The smallest absolute Gasteiger partial charge is 0.351 e. The van der Waals surface area contributed by atoms with Crippen LogP contribution in [-0.2, 0) is 11.2 Å². The van der Waals surface area contributed by atoms with E-state index in [1.807, 2.05) is 12.1 Å². The van der Waals surface area contributed by atoms with Crippen molar-refractivity contribution in [3.63, 3.8) is 0 Å². The number of esters is 1. The van der Waals surface area contributed by atoms with E-state index in [2.05, 4.69) is 18.2 Å². The number of rotatable bonds is 4. The Balaban J connectivity index is 2.54. The molecule has 0 atom stereocenters. The van der Waals surface area contributed by atoms with Crippen molar-refractivity contribution in [1.82, 2.24) is 0 Å². The lowest BCUT2D eigenvalue weighted by atomic mass is 10.1. The van der Waals surface area contributed by atoms with Crippen LogP contribution in [0.2, 0.25) is 0 Å². The highest BCUT2D eigenvalue weighted by atomic mass is 16.5. The highest BCUT2D eigenvalue weighted by molar-refractivity contribution is 5.93. The van der Waals surface area contributed by atoms with Crippen molar-refractivity contribution in [3.05, 3.63) is 58.7 Å². The molecule has 0 aliphatic rings. The number of aryl methyl sites for hydroxylation is 1. The predicted molar refractivity (Wildman–Crippen MR) is 72.1 cm³/mol. The van der Waals surface area contributed by atoms with E-state index >= 15 is 0 Å². The third-order valence-electron chi connectivity index (χ3n) is 2.75. The molecule has 0 aliphatic heterocycles. The second-order valence-electron chi connectivity index (χ2n) is 4.14. The summed E-state index contributed by atoms with van der Waals surface area (Å²) in [5.41, 5.74) is 0.760. The molecule has 1 heterocycles. The first-order chi connectivity index (χ1) is 9.15. The minimum Gasteiger partial charge on any atom is -0.431 e. The van der Waals surface area contributed by atoms with Crippen molar-refractivity contribution < 1.29 is 13.9 Å². The van der Waals surface area contributed by atoms with E-state index in [9.17, 15) is 9.59 Å². The van der Waals surface area contributed by atoms with Gasteiger partial charge in [-0.15, -0.1) is 0 Å². The monoisotopic (exact) mass is 258 g/mol. The van der Waals surface area contributed by atoms with Gasteiger partial charge in [-0.1, -0.05) is 26.0 Å². The molecule has 0 amide bonds. The molecule has 0 aliphatic carbocycles. The summed E-state index contributed by atoms with van der Waals surface area (Å²) in [7, 11) is 0. The van der Waals surface area contributed by atoms with Gasteiger partial charge in [0, 0.05) is 5.39 Å². The van der Waals surface area contributed by atoms with Crippen molar-refractivity contribution in [1.29, 1.82) is 0 Å². The van der Waals surface area contributed by atoms with Crippen LogP contribution in [-0.4, -0.2) is 5.97 Å². The van der Waals surface area contributed by atoms with E-state index in [1.165, 1.54) is 6.07 Å². The van der Waals surface area contributed by atoms with Crippen LogP contribution in [0.5, 0.6) is 0 Å². The maximum atomic E-state index is 11.7. The topological polar surface area (TPSA) is 56.5 Å². The van der Waals surface area contributed by atoms with Crippen molar-refractivity contribution in [2.45, 2.75) is 19.8 Å². The van der Waals surface area contributed by atoms with E-state index in [0.717, 1.165) is 24.7 Å². The van der Waals surface area contributed by atoms with Gasteiger partial charge in [0.1, 0.15) is 11.1 Å². The van der Waals surface area contributed by atoms with E-state index in [4.69, 9.17) is 4.42 Å². The molecule has 0 saturated heterocycles. The molecule has 0 bridgehead atoms. The summed E-state index contributed by atoms with van der Waals surface area (Å²) in [5, 5.41) is 0.710. The Morgan fingerprint density at radius 2 is 2.21 bits per heavy atom. The molecule has 0 N–H and O–H groups in total. The number of carbonyl (C=O) groups is 1. The van der Waals surface area contributed by atoms with Gasteiger partial charge in [-0.2, -0.15) is 0 Å². The highest BCUT2D eigenvalue weighted by Crippen LogP contribution is 2.17. The first-order valence-electron chi connectivity index (χ1n) is 6.04. The molecule has 0 spiro atoms. The Morgan fingerprint density at radius 1 is 1.42 bits per heavy atom. The second kappa shape index (κ2) is 5.52. The van der Waals surface area contributed by atoms with E-state index in [0.29, 0.717) is 11.0 Å². The van der Waals surface area contributed by atoms with Gasteiger partial charge in [0.15, 0.2) is 0 Å². The fraction of sp³-hybridized carbons (Fsp3) is 0.200. The zero-order valence-electron chi connectivity index (χ0n) is 10.6. The predicted octanol–water partition coefficient (Wildman–Crippen LogP) is 3.05. The first kappa shape index (κ1) is 13.1. The molecule has 1 aromatic carbocycles. The molecule has 2 rings (SSSR count). The minimum absolute atomic E-state index is 0.124. The van der Waals surface area contributed by atoms with Crippen molar-refractivity contribution >= 4 is 16.9 Å². The molecule has 19 heavy (non-hydrogen) atoms. The third kappa shape index (κ3) is 2.73. The summed E-state index contributed by atoms with van der Waals surface area (Å²) in [6.45, 7) is 5.37. The van der Waals surface area contributed by atoms with Crippen LogP contribution < -0.4 is 5.63 Å². The summed E-state index contributed by atoms with van der Waals surface area (Å²) in [6, 6.07) is 7.06.